The molecule has 0 radical (unpaired) electrons. The number of carbonyl (C=O) groups excluding carboxylic acids is 2. The number of nitrogens with one attached hydrogen (secondary N) is 1. The Kier molecular flexibility index (Phi) is 7.11. The molecule has 1 fully saturated rings. The van der Waals surface area contributed by atoms with Crippen LogP contribution in [0.4, 0.5) is 4.39 Å². The fraction of sp³-hybridized carbons (Fsp3) is 0.259. The molecule has 1 heterocycles. The van der Waals surface area contributed by atoms with Gasteiger partial charge in [-0.1, -0.05) is 42.5 Å². The maximum absolute atomic E-state index is 13.3. The van der Waals surface area contributed by atoms with E-state index in [1.54, 1.807) is 49.5 Å². The lowest BCUT2D eigenvalue weighted by molar-refractivity contribution is -0.125. The lowest BCUT2D eigenvalue weighted by Crippen LogP contribution is -2.35. The van der Waals surface area contributed by atoms with E-state index < -0.39 is 5.92 Å². The first kappa shape index (κ1) is 23.3. The van der Waals surface area contributed by atoms with Crippen LogP contribution in [0.1, 0.15) is 27.4 Å². The zero-order chi connectivity index (χ0) is 24.1. The average molecular weight is 463 g/mol. The summed E-state index contributed by atoms with van der Waals surface area (Å²) in [4.78, 5) is 28.2. The van der Waals surface area contributed by atoms with Crippen LogP contribution in [0.25, 0.3) is 0 Å². The summed E-state index contributed by atoms with van der Waals surface area (Å²) in [7, 11) is 3.13. The fourth-order valence-electron chi connectivity index (χ4n) is 4.44. The molecule has 34 heavy (non-hydrogen) atoms. The van der Waals surface area contributed by atoms with Crippen molar-refractivity contribution in [2.24, 2.45) is 5.92 Å². The van der Waals surface area contributed by atoms with Gasteiger partial charge in [0.2, 0.25) is 5.91 Å². The summed E-state index contributed by atoms with van der Waals surface area (Å²) >= 11 is 0. The first-order chi connectivity index (χ1) is 16.5. The SMILES string of the molecule is COc1cccc([C@@H]2CN(C(=O)c3ccccc3)C[C@@H]2C(=O)NCc2ccc(F)cc2)c1OC. The number of rotatable bonds is 7. The number of hydrogen-bond donors (Lipinski definition) is 1. The van der Waals surface area contributed by atoms with Crippen LogP contribution in [0.3, 0.4) is 0 Å². The van der Waals surface area contributed by atoms with Crippen LogP contribution in [-0.4, -0.2) is 44.0 Å². The third-order valence-electron chi connectivity index (χ3n) is 6.18. The van der Waals surface area contributed by atoms with Gasteiger partial charge in [0, 0.05) is 36.7 Å². The largest absolute Gasteiger partial charge is 0.493 e. The summed E-state index contributed by atoms with van der Waals surface area (Å²) in [5.41, 5.74) is 2.18. The van der Waals surface area contributed by atoms with Gasteiger partial charge in [-0.3, -0.25) is 9.59 Å². The van der Waals surface area contributed by atoms with E-state index in [1.807, 2.05) is 30.3 Å². The number of para-hydroxylation sites is 1. The lowest BCUT2D eigenvalue weighted by atomic mass is 9.87. The van der Waals surface area contributed by atoms with Crippen molar-refractivity contribution < 1.29 is 23.5 Å². The van der Waals surface area contributed by atoms with Gasteiger partial charge in [-0.05, 0) is 35.9 Å². The van der Waals surface area contributed by atoms with E-state index in [-0.39, 0.29) is 36.6 Å². The zero-order valence-corrected chi connectivity index (χ0v) is 19.2. The first-order valence-corrected chi connectivity index (χ1v) is 11.1. The summed E-state index contributed by atoms with van der Waals surface area (Å²) in [6, 6.07) is 20.6. The number of nitrogens with zero attached hydrogens (tertiary/aromatic N) is 1. The molecule has 4 rings (SSSR count). The molecule has 0 saturated carbocycles. The summed E-state index contributed by atoms with van der Waals surface area (Å²) in [6.45, 7) is 0.907. The maximum Gasteiger partial charge on any atom is 0.253 e. The van der Waals surface area contributed by atoms with E-state index >= 15 is 0 Å². The van der Waals surface area contributed by atoms with Gasteiger partial charge in [0.25, 0.3) is 5.91 Å². The molecule has 1 aliphatic heterocycles. The Morgan fingerprint density at radius 1 is 0.941 bits per heavy atom. The second-order valence-corrected chi connectivity index (χ2v) is 8.22. The summed E-state index contributed by atoms with van der Waals surface area (Å²) in [5, 5.41) is 2.95. The minimum absolute atomic E-state index is 0.124. The van der Waals surface area contributed by atoms with Crippen LogP contribution in [0, 0.1) is 11.7 Å². The minimum atomic E-state index is -0.492. The van der Waals surface area contributed by atoms with Crippen molar-refractivity contribution in [1.29, 1.82) is 0 Å². The topological polar surface area (TPSA) is 67.9 Å². The Balaban J connectivity index is 1.61. The fourth-order valence-corrected chi connectivity index (χ4v) is 4.44. The molecular weight excluding hydrogens is 435 g/mol. The number of likely N-dealkylation sites (tertiary alicyclic amines) is 1. The molecule has 1 N–H and O–H groups in total. The Hall–Kier alpha value is -3.87. The highest BCUT2D eigenvalue weighted by Gasteiger charge is 2.42. The molecule has 2 atom stereocenters. The number of carbonyl (C=O) groups is 2. The Labute approximate surface area is 198 Å². The van der Waals surface area contributed by atoms with Crippen molar-refractivity contribution >= 4 is 11.8 Å². The van der Waals surface area contributed by atoms with Crippen molar-refractivity contribution in [3.05, 3.63) is 95.3 Å². The highest BCUT2D eigenvalue weighted by molar-refractivity contribution is 5.95. The van der Waals surface area contributed by atoms with E-state index in [4.69, 9.17) is 9.47 Å². The number of methoxy groups -OCH3 is 2. The minimum Gasteiger partial charge on any atom is -0.493 e. The van der Waals surface area contributed by atoms with Gasteiger partial charge in [0.1, 0.15) is 5.82 Å². The van der Waals surface area contributed by atoms with Gasteiger partial charge in [-0.25, -0.2) is 4.39 Å². The van der Waals surface area contributed by atoms with Crippen LogP contribution < -0.4 is 14.8 Å². The van der Waals surface area contributed by atoms with E-state index in [0.717, 1.165) is 11.1 Å². The predicted molar refractivity (Wildman–Crippen MR) is 126 cm³/mol. The van der Waals surface area contributed by atoms with E-state index in [9.17, 15) is 14.0 Å². The van der Waals surface area contributed by atoms with Crippen molar-refractivity contribution in [1.82, 2.24) is 10.2 Å². The molecule has 1 aliphatic rings. The molecule has 176 valence electrons. The van der Waals surface area contributed by atoms with Gasteiger partial charge in [-0.2, -0.15) is 0 Å². The van der Waals surface area contributed by atoms with Crippen LogP contribution in [0.15, 0.2) is 72.8 Å². The van der Waals surface area contributed by atoms with E-state index in [2.05, 4.69) is 5.32 Å². The van der Waals surface area contributed by atoms with Crippen LogP contribution in [0.5, 0.6) is 11.5 Å². The van der Waals surface area contributed by atoms with Crippen LogP contribution in [0.2, 0.25) is 0 Å². The Morgan fingerprint density at radius 3 is 2.35 bits per heavy atom. The molecule has 6 nitrogen and oxygen atoms in total. The second kappa shape index (κ2) is 10.4. The monoisotopic (exact) mass is 462 g/mol. The van der Waals surface area contributed by atoms with Gasteiger partial charge < -0.3 is 19.7 Å². The van der Waals surface area contributed by atoms with Crippen LogP contribution >= 0.6 is 0 Å². The maximum atomic E-state index is 13.3. The van der Waals surface area contributed by atoms with Crippen molar-refractivity contribution in [2.75, 3.05) is 27.3 Å². The third kappa shape index (κ3) is 4.88. The molecule has 0 aromatic heterocycles. The molecule has 7 heteroatoms. The Morgan fingerprint density at radius 2 is 1.68 bits per heavy atom. The van der Waals surface area contributed by atoms with E-state index in [1.165, 1.54) is 12.1 Å². The molecule has 0 spiro atoms. The second-order valence-electron chi connectivity index (χ2n) is 8.22. The predicted octanol–water partition coefficient (Wildman–Crippen LogP) is 4.02. The molecule has 0 aliphatic carbocycles. The lowest BCUT2D eigenvalue weighted by Gasteiger charge is -2.21. The van der Waals surface area contributed by atoms with Gasteiger partial charge in [0.15, 0.2) is 11.5 Å². The third-order valence-corrected chi connectivity index (χ3v) is 6.18. The van der Waals surface area contributed by atoms with Crippen molar-refractivity contribution in [3.63, 3.8) is 0 Å². The standard InChI is InChI=1S/C27H27FN2O4/c1-33-24-10-6-9-21(25(24)34-2)22-16-30(27(32)19-7-4-3-5-8-19)17-23(22)26(31)29-15-18-11-13-20(28)14-12-18/h3-14,22-23H,15-17H2,1-2H3,(H,29,31)/t22-,23-/m0/s1. The summed E-state index contributed by atoms with van der Waals surface area (Å²) in [5.74, 6) is -0.284. The van der Waals surface area contributed by atoms with Gasteiger partial charge in [-0.15, -0.1) is 0 Å². The molecule has 2 amide bonds. The molecule has 1 saturated heterocycles. The number of amides is 2. The van der Waals surface area contributed by atoms with Gasteiger partial charge >= 0.3 is 0 Å². The zero-order valence-electron chi connectivity index (χ0n) is 19.2. The van der Waals surface area contributed by atoms with Crippen molar-refractivity contribution in [3.8, 4) is 11.5 Å². The van der Waals surface area contributed by atoms with Crippen LogP contribution in [-0.2, 0) is 11.3 Å². The number of halogens is 1. The highest BCUT2D eigenvalue weighted by atomic mass is 19.1. The molecule has 3 aromatic rings. The van der Waals surface area contributed by atoms with Gasteiger partial charge in [0.05, 0.1) is 20.1 Å². The highest BCUT2D eigenvalue weighted by Crippen LogP contribution is 2.42. The first-order valence-electron chi connectivity index (χ1n) is 11.1. The summed E-state index contributed by atoms with van der Waals surface area (Å²) < 4.78 is 24.3. The number of benzene rings is 3. The van der Waals surface area contributed by atoms with E-state index in [0.29, 0.717) is 23.6 Å². The Bertz CT molecular complexity index is 1150. The normalized spacial score (nSPS) is 17.3. The number of ether oxygens (including phenoxy) is 2. The average Bonchev–Trinajstić information content (AvgIpc) is 3.33. The summed E-state index contributed by atoms with van der Waals surface area (Å²) in [6.07, 6.45) is 0. The smallest absolute Gasteiger partial charge is 0.253 e. The molecule has 0 bridgehead atoms. The molecule has 3 aromatic carbocycles. The van der Waals surface area contributed by atoms with Crippen molar-refractivity contribution in [2.45, 2.75) is 12.5 Å². The molecular formula is C27H27FN2O4. The number of hydrogen-bond acceptors (Lipinski definition) is 4. The molecule has 0 unspecified atom stereocenters. The quantitative estimate of drug-likeness (QED) is 0.576.